The van der Waals surface area contributed by atoms with Gasteiger partial charge in [0.25, 0.3) is 0 Å². The van der Waals surface area contributed by atoms with Crippen LogP contribution in [-0.4, -0.2) is 31.6 Å². The number of aliphatic hydroxyl groups excluding tert-OH is 1. The molecule has 0 fully saturated rings. The predicted octanol–water partition coefficient (Wildman–Crippen LogP) is 5.06. The van der Waals surface area contributed by atoms with Gasteiger partial charge in [0.1, 0.15) is 22.5 Å². The molecule has 0 radical (unpaired) electrons. The summed E-state index contributed by atoms with van der Waals surface area (Å²) in [4.78, 5) is 20.9. The van der Waals surface area contributed by atoms with E-state index < -0.39 is 0 Å². The highest BCUT2D eigenvalue weighted by atomic mass is 32.2. The zero-order valence-corrected chi connectivity index (χ0v) is 17.5. The van der Waals surface area contributed by atoms with Gasteiger partial charge in [-0.2, -0.15) is 0 Å². The van der Waals surface area contributed by atoms with E-state index in [1.165, 1.54) is 11.3 Å². The van der Waals surface area contributed by atoms with Crippen molar-refractivity contribution in [2.45, 2.75) is 16.2 Å². The van der Waals surface area contributed by atoms with Crippen molar-refractivity contribution in [2.24, 2.45) is 0 Å². The average Bonchev–Trinajstić information content (AvgIpc) is 3.18. The van der Waals surface area contributed by atoms with E-state index in [-0.39, 0.29) is 6.61 Å². The molecular formula is C22H17N5OS2. The van der Waals surface area contributed by atoms with E-state index in [1.54, 1.807) is 24.3 Å². The van der Waals surface area contributed by atoms with Crippen LogP contribution in [0.1, 0.15) is 5.56 Å². The third-order valence-electron chi connectivity index (χ3n) is 4.58. The van der Waals surface area contributed by atoms with Crippen LogP contribution in [0.5, 0.6) is 0 Å². The Hall–Kier alpha value is -3.07. The van der Waals surface area contributed by atoms with Crippen molar-refractivity contribution < 1.29 is 5.11 Å². The number of nitrogens with zero attached hydrogens (tertiary/aromatic N) is 4. The number of nitrogens with one attached hydrogen (secondary N) is 1. The summed E-state index contributed by atoms with van der Waals surface area (Å²) in [7, 11) is 0. The molecule has 0 bridgehead atoms. The van der Waals surface area contributed by atoms with E-state index in [9.17, 15) is 5.11 Å². The third kappa shape index (κ3) is 3.85. The van der Waals surface area contributed by atoms with Gasteiger partial charge in [-0.25, -0.2) is 19.9 Å². The minimum Gasteiger partial charge on any atom is -0.396 e. The second-order valence-corrected chi connectivity index (χ2v) is 8.65. The average molecular weight is 432 g/mol. The molecule has 148 valence electrons. The Balaban J connectivity index is 1.49. The molecule has 3 aromatic heterocycles. The quantitative estimate of drug-likeness (QED) is 0.388. The zero-order valence-electron chi connectivity index (χ0n) is 15.8. The highest BCUT2D eigenvalue weighted by Crippen LogP contribution is 2.34. The summed E-state index contributed by atoms with van der Waals surface area (Å²) in [6.45, 7) is 0.133. The number of benzene rings is 2. The first-order chi connectivity index (χ1) is 14.8. The monoisotopic (exact) mass is 431 g/mol. The minimum atomic E-state index is 0.133. The number of fused-ring (bicyclic) bond motifs is 2. The fourth-order valence-electron chi connectivity index (χ4n) is 3.18. The second kappa shape index (κ2) is 8.35. The predicted molar refractivity (Wildman–Crippen MR) is 122 cm³/mol. The van der Waals surface area contributed by atoms with Crippen molar-refractivity contribution in [2.75, 3.05) is 11.9 Å². The molecule has 5 aromatic rings. The van der Waals surface area contributed by atoms with Gasteiger partial charge >= 0.3 is 0 Å². The smallest absolute Gasteiger partial charge is 0.190 e. The van der Waals surface area contributed by atoms with Crippen LogP contribution < -0.4 is 5.32 Å². The maximum absolute atomic E-state index is 9.34. The van der Waals surface area contributed by atoms with Gasteiger partial charge < -0.3 is 10.4 Å². The van der Waals surface area contributed by atoms with E-state index in [4.69, 9.17) is 0 Å². The topological polar surface area (TPSA) is 83.8 Å². The third-order valence-corrected chi connectivity index (χ3v) is 6.58. The summed E-state index contributed by atoms with van der Waals surface area (Å²) in [5.74, 6) is 0.713. The highest BCUT2D eigenvalue weighted by molar-refractivity contribution is 7.99. The van der Waals surface area contributed by atoms with Gasteiger partial charge in [-0.05, 0) is 48.4 Å². The van der Waals surface area contributed by atoms with Crippen molar-refractivity contribution in [1.29, 1.82) is 0 Å². The Morgan fingerprint density at radius 1 is 0.967 bits per heavy atom. The Bertz CT molecular complexity index is 1300. The number of aliphatic hydroxyl groups is 1. The van der Waals surface area contributed by atoms with Crippen LogP contribution >= 0.6 is 23.1 Å². The molecular weight excluding hydrogens is 414 g/mol. The number of anilines is 2. The first-order valence-electron chi connectivity index (χ1n) is 9.40. The molecule has 0 amide bonds. The SMILES string of the molecule is OCCc1ccccc1Sc1ccc2ncnc(Nc3nc4cccnc4s3)c2c1. The Morgan fingerprint density at radius 3 is 2.80 bits per heavy atom. The largest absolute Gasteiger partial charge is 0.396 e. The van der Waals surface area contributed by atoms with Crippen molar-refractivity contribution in [3.8, 4) is 0 Å². The van der Waals surface area contributed by atoms with Crippen molar-refractivity contribution in [1.82, 2.24) is 19.9 Å². The molecule has 0 unspecified atom stereocenters. The summed E-state index contributed by atoms with van der Waals surface area (Å²) in [5.41, 5.74) is 2.86. The first-order valence-corrected chi connectivity index (χ1v) is 11.0. The maximum Gasteiger partial charge on any atom is 0.190 e. The number of aromatic nitrogens is 4. The lowest BCUT2D eigenvalue weighted by molar-refractivity contribution is 0.299. The first kappa shape index (κ1) is 18.9. The Kier molecular flexibility index (Phi) is 5.27. The molecule has 0 atom stereocenters. The number of thiazole rings is 1. The van der Waals surface area contributed by atoms with Crippen LogP contribution in [0.2, 0.25) is 0 Å². The summed E-state index contributed by atoms with van der Waals surface area (Å²) >= 11 is 3.16. The number of pyridine rings is 1. The molecule has 2 aromatic carbocycles. The standard InChI is InChI=1S/C22H17N5OS2/c28-11-9-14-4-1-2-6-19(14)29-15-7-8-17-16(12-15)20(25-13-24-17)27-22-26-18-5-3-10-23-21(18)30-22/h1-8,10,12-13,28H,9,11H2,(H,24,25,26,27). The van der Waals surface area contributed by atoms with E-state index in [0.717, 1.165) is 41.7 Å². The molecule has 5 rings (SSSR count). The lowest BCUT2D eigenvalue weighted by Crippen LogP contribution is -1.96. The summed E-state index contributed by atoms with van der Waals surface area (Å²) in [6, 6.07) is 18.1. The van der Waals surface area contributed by atoms with Crippen LogP contribution in [0.25, 0.3) is 21.3 Å². The molecule has 8 heteroatoms. The van der Waals surface area contributed by atoms with Gasteiger partial charge in [0, 0.05) is 28.0 Å². The Labute approximate surface area is 181 Å². The van der Waals surface area contributed by atoms with Crippen LogP contribution in [0.15, 0.2) is 76.9 Å². The summed E-state index contributed by atoms with van der Waals surface area (Å²) in [6.07, 6.45) is 3.96. The fourth-order valence-corrected chi connectivity index (χ4v) is 5.00. The van der Waals surface area contributed by atoms with Gasteiger partial charge in [-0.15, -0.1) is 0 Å². The van der Waals surface area contributed by atoms with Gasteiger partial charge in [0.05, 0.1) is 5.52 Å². The molecule has 0 saturated heterocycles. The highest BCUT2D eigenvalue weighted by Gasteiger charge is 2.11. The van der Waals surface area contributed by atoms with Gasteiger partial charge in [-0.1, -0.05) is 41.3 Å². The molecule has 0 aliphatic rings. The lowest BCUT2D eigenvalue weighted by atomic mass is 10.2. The lowest BCUT2D eigenvalue weighted by Gasteiger charge is -2.10. The Morgan fingerprint density at radius 2 is 1.90 bits per heavy atom. The minimum absolute atomic E-state index is 0.133. The van der Waals surface area contributed by atoms with E-state index in [1.807, 2.05) is 30.3 Å². The molecule has 30 heavy (non-hydrogen) atoms. The van der Waals surface area contributed by atoms with E-state index in [2.05, 4.69) is 49.5 Å². The molecule has 0 aliphatic carbocycles. The van der Waals surface area contributed by atoms with Gasteiger partial charge in [-0.3, -0.25) is 0 Å². The maximum atomic E-state index is 9.34. The van der Waals surface area contributed by atoms with Crippen LogP contribution in [-0.2, 0) is 6.42 Å². The molecule has 0 spiro atoms. The fraction of sp³-hybridized carbons (Fsp3) is 0.0909. The van der Waals surface area contributed by atoms with E-state index in [0.29, 0.717) is 12.2 Å². The molecule has 3 heterocycles. The van der Waals surface area contributed by atoms with Crippen LogP contribution in [0, 0.1) is 0 Å². The summed E-state index contributed by atoms with van der Waals surface area (Å²) in [5, 5.41) is 14.3. The molecule has 0 aliphatic heterocycles. The van der Waals surface area contributed by atoms with Crippen molar-refractivity contribution in [3.63, 3.8) is 0 Å². The van der Waals surface area contributed by atoms with Crippen LogP contribution in [0.3, 0.4) is 0 Å². The zero-order chi connectivity index (χ0) is 20.3. The molecule has 0 saturated carbocycles. The summed E-state index contributed by atoms with van der Waals surface area (Å²) < 4.78 is 0. The number of hydrogen-bond acceptors (Lipinski definition) is 8. The van der Waals surface area contributed by atoms with Gasteiger partial charge in [0.15, 0.2) is 5.13 Å². The normalized spacial score (nSPS) is 11.2. The van der Waals surface area contributed by atoms with Gasteiger partial charge in [0.2, 0.25) is 0 Å². The molecule has 2 N–H and O–H groups in total. The van der Waals surface area contributed by atoms with E-state index >= 15 is 0 Å². The second-order valence-electron chi connectivity index (χ2n) is 6.56. The van der Waals surface area contributed by atoms with Crippen molar-refractivity contribution in [3.05, 3.63) is 72.7 Å². The number of rotatable bonds is 6. The number of hydrogen-bond donors (Lipinski definition) is 2. The van der Waals surface area contributed by atoms with Crippen LogP contribution in [0.4, 0.5) is 10.9 Å². The van der Waals surface area contributed by atoms with Crippen molar-refractivity contribution >= 4 is 55.3 Å². The molecule has 6 nitrogen and oxygen atoms in total.